The predicted molar refractivity (Wildman–Crippen MR) is 84.0 cm³/mol. The molecular weight excluding hydrogens is 266 g/mol. The molecule has 0 amide bonds. The van der Waals surface area contributed by atoms with Crippen LogP contribution in [0.25, 0.3) is 21.1 Å². The second-order valence-electron chi connectivity index (χ2n) is 5.50. The van der Waals surface area contributed by atoms with Gasteiger partial charge in [-0.05, 0) is 24.3 Å². The molecule has 1 aliphatic rings. The van der Waals surface area contributed by atoms with E-state index in [9.17, 15) is 0 Å². The van der Waals surface area contributed by atoms with Crippen LogP contribution in [0.5, 0.6) is 0 Å². The maximum absolute atomic E-state index is 6.04. The van der Waals surface area contributed by atoms with E-state index in [1.54, 1.807) is 11.3 Å². The Morgan fingerprint density at radius 2 is 1.85 bits per heavy atom. The summed E-state index contributed by atoms with van der Waals surface area (Å²) in [5.74, 6) is 0. The first-order chi connectivity index (χ1) is 9.90. The third kappa shape index (κ3) is 2.16. The SMILES string of the molecule is c1ccc2c(c1)ccc1sc(=NC3CCCCC3)oc12. The molecule has 0 bridgehead atoms. The minimum absolute atomic E-state index is 0.465. The van der Waals surface area contributed by atoms with Crippen molar-refractivity contribution < 1.29 is 4.42 Å². The van der Waals surface area contributed by atoms with Gasteiger partial charge < -0.3 is 4.42 Å². The molecular formula is C17H17NOS. The van der Waals surface area contributed by atoms with Crippen LogP contribution in [-0.2, 0) is 0 Å². The molecule has 0 saturated heterocycles. The molecule has 4 rings (SSSR count). The summed E-state index contributed by atoms with van der Waals surface area (Å²) in [4.78, 5) is 5.65. The monoisotopic (exact) mass is 283 g/mol. The largest absolute Gasteiger partial charge is 0.429 e. The molecule has 20 heavy (non-hydrogen) atoms. The van der Waals surface area contributed by atoms with Gasteiger partial charge in [-0.1, -0.05) is 60.9 Å². The summed E-state index contributed by atoms with van der Waals surface area (Å²) in [6, 6.07) is 13.1. The topological polar surface area (TPSA) is 25.5 Å². The van der Waals surface area contributed by atoms with Gasteiger partial charge in [0.15, 0.2) is 5.58 Å². The summed E-state index contributed by atoms with van der Waals surface area (Å²) in [5.41, 5.74) is 0.989. The predicted octanol–water partition coefficient (Wildman–Crippen LogP) is 4.88. The Hall–Kier alpha value is -1.61. The lowest BCUT2D eigenvalue weighted by molar-refractivity contribution is 0.423. The molecule has 1 saturated carbocycles. The highest BCUT2D eigenvalue weighted by molar-refractivity contribution is 7.16. The molecule has 0 aliphatic heterocycles. The van der Waals surface area contributed by atoms with Gasteiger partial charge in [0, 0.05) is 5.39 Å². The highest BCUT2D eigenvalue weighted by Crippen LogP contribution is 2.27. The molecule has 3 heteroatoms. The summed E-state index contributed by atoms with van der Waals surface area (Å²) in [6.07, 6.45) is 6.40. The van der Waals surface area contributed by atoms with Gasteiger partial charge in [-0.15, -0.1) is 0 Å². The van der Waals surface area contributed by atoms with E-state index in [0.717, 1.165) is 10.5 Å². The minimum atomic E-state index is 0.465. The van der Waals surface area contributed by atoms with Gasteiger partial charge >= 0.3 is 0 Å². The van der Waals surface area contributed by atoms with Crippen molar-refractivity contribution in [3.8, 4) is 0 Å². The summed E-state index contributed by atoms with van der Waals surface area (Å²) in [5, 5.41) is 2.41. The molecule has 0 N–H and O–H groups in total. The van der Waals surface area contributed by atoms with Gasteiger partial charge in [0.2, 0.25) is 0 Å². The number of nitrogens with zero attached hydrogens (tertiary/aromatic N) is 1. The van der Waals surface area contributed by atoms with E-state index in [2.05, 4.69) is 36.4 Å². The zero-order valence-electron chi connectivity index (χ0n) is 11.3. The summed E-state index contributed by atoms with van der Waals surface area (Å²) < 4.78 is 7.23. The first kappa shape index (κ1) is 12.2. The van der Waals surface area contributed by atoms with Crippen LogP contribution < -0.4 is 4.87 Å². The molecule has 3 aromatic rings. The Morgan fingerprint density at radius 1 is 1.00 bits per heavy atom. The molecule has 0 spiro atoms. The number of hydrogen-bond acceptors (Lipinski definition) is 3. The fourth-order valence-electron chi connectivity index (χ4n) is 3.02. The molecule has 2 nitrogen and oxygen atoms in total. The van der Waals surface area contributed by atoms with Gasteiger partial charge in [0.1, 0.15) is 0 Å². The van der Waals surface area contributed by atoms with Crippen molar-refractivity contribution in [3.63, 3.8) is 0 Å². The van der Waals surface area contributed by atoms with Crippen LogP contribution in [0.1, 0.15) is 32.1 Å². The minimum Gasteiger partial charge on any atom is -0.429 e. The second-order valence-corrected chi connectivity index (χ2v) is 6.50. The van der Waals surface area contributed by atoms with Crippen molar-refractivity contribution >= 4 is 32.4 Å². The lowest BCUT2D eigenvalue weighted by atomic mass is 9.96. The van der Waals surface area contributed by atoms with Crippen LogP contribution in [0.4, 0.5) is 0 Å². The van der Waals surface area contributed by atoms with Crippen LogP contribution in [-0.4, -0.2) is 6.04 Å². The van der Waals surface area contributed by atoms with Gasteiger partial charge in [0.25, 0.3) is 4.87 Å². The number of benzene rings is 2. The van der Waals surface area contributed by atoms with Crippen molar-refractivity contribution in [2.45, 2.75) is 38.1 Å². The Bertz CT molecular complexity index is 808. The van der Waals surface area contributed by atoms with E-state index in [4.69, 9.17) is 9.41 Å². The normalized spacial score (nSPS) is 18.1. The molecule has 0 atom stereocenters. The summed E-state index contributed by atoms with van der Waals surface area (Å²) in [6.45, 7) is 0. The molecule has 0 radical (unpaired) electrons. The third-order valence-corrected chi connectivity index (χ3v) is 5.00. The van der Waals surface area contributed by atoms with E-state index in [1.807, 2.05) is 0 Å². The van der Waals surface area contributed by atoms with E-state index < -0.39 is 0 Å². The maximum Gasteiger partial charge on any atom is 0.274 e. The lowest BCUT2D eigenvalue weighted by Crippen LogP contribution is -2.12. The smallest absolute Gasteiger partial charge is 0.274 e. The zero-order valence-corrected chi connectivity index (χ0v) is 12.2. The van der Waals surface area contributed by atoms with Crippen molar-refractivity contribution in [2.24, 2.45) is 4.99 Å². The Labute approximate surface area is 121 Å². The summed E-state index contributed by atoms with van der Waals surface area (Å²) >= 11 is 1.67. The Balaban J connectivity index is 1.85. The Morgan fingerprint density at radius 3 is 2.75 bits per heavy atom. The fraction of sp³-hybridized carbons (Fsp3) is 0.353. The van der Waals surface area contributed by atoms with Crippen molar-refractivity contribution in [3.05, 3.63) is 41.3 Å². The lowest BCUT2D eigenvalue weighted by Gasteiger charge is -2.15. The first-order valence-corrected chi connectivity index (χ1v) is 8.17. The number of fused-ring (bicyclic) bond motifs is 3. The van der Waals surface area contributed by atoms with Crippen LogP contribution in [0.15, 0.2) is 45.8 Å². The molecule has 1 heterocycles. The molecule has 1 aromatic heterocycles. The quantitative estimate of drug-likeness (QED) is 0.625. The average molecular weight is 283 g/mol. The standard InChI is InChI=1S/C17H17NOS/c1-2-7-13(8-3-1)18-17-19-16-14-9-5-4-6-12(14)10-11-15(16)20-17/h4-6,9-11,13H,1-3,7-8H2. The first-order valence-electron chi connectivity index (χ1n) is 7.35. The van der Waals surface area contributed by atoms with Gasteiger partial charge in [-0.25, -0.2) is 4.99 Å². The average Bonchev–Trinajstić information content (AvgIpc) is 2.91. The second kappa shape index (κ2) is 5.06. The zero-order chi connectivity index (χ0) is 13.4. The highest BCUT2D eigenvalue weighted by atomic mass is 32.1. The van der Waals surface area contributed by atoms with E-state index >= 15 is 0 Å². The van der Waals surface area contributed by atoms with E-state index in [0.29, 0.717) is 6.04 Å². The highest BCUT2D eigenvalue weighted by Gasteiger charge is 2.13. The van der Waals surface area contributed by atoms with E-state index in [-0.39, 0.29) is 0 Å². The van der Waals surface area contributed by atoms with Crippen LogP contribution in [0.3, 0.4) is 0 Å². The fourth-order valence-corrected chi connectivity index (χ4v) is 3.92. The van der Waals surface area contributed by atoms with Crippen molar-refractivity contribution in [1.82, 2.24) is 0 Å². The molecule has 102 valence electrons. The molecule has 1 fully saturated rings. The third-order valence-electron chi connectivity index (χ3n) is 4.09. The summed E-state index contributed by atoms with van der Waals surface area (Å²) in [7, 11) is 0. The van der Waals surface area contributed by atoms with E-state index in [1.165, 1.54) is 47.6 Å². The molecule has 0 unspecified atom stereocenters. The number of rotatable bonds is 1. The van der Waals surface area contributed by atoms with Gasteiger partial charge in [-0.2, -0.15) is 0 Å². The van der Waals surface area contributed by atoms with Gasteiger partial charge in [0.05, 0.1) is 10.7 Å². The molecule has 2 aromatic carbocycles. The van der Waals surface area contributed by atoms with Crippen molar-refractivity contribution in [1.29, 1.82) is 0 Å². The van der Waals surface area contributed by atoms with Gasteiger partial charge in [-0.3, -0.25) is 0 Å². The van der Waals surface area contributed by atoms with Crippen LogP contribution in [0.2, 0.25) is 0 Å². The van der Waals surface area contributed by atoms with Crippen LogP contribution in [0, 0.1) is 0 Å². The number of hydrogen-bond donors (Lipinski definition) is 0. The van der Waals surface area contributed by atoms with Crippen LogP contribution >= 0.6 is 11.3 Å². The Kier molecular flexibility index (Phi) is 3.07. The molecule has 1 aliphatic carbocycles. The van der Waals surface area contributed by atoms with Crippen molar-refractivity contribution in [2.75, 3.05) is 0 Å². The maximum atomic E-state index is 6.04.